The van der Waals surface area contributed by atoms with Crippen LogP contribution in [0.1, 0.15) is 51.0 Å². The van der Waals surface area contributed by atoms with E-state index in [1.165, 1.54) is 25.7 Å². The summed E-state index contributed by atoms with van der Waals surface area (Å²) in [5, 5.41) is 7.82. The topological polar surface area (TPSA) is 68.0 Å². The van der Waals surface area contributed by atoms with Crippen molar-refractivity contribution in [1.82, 2.24) is 24.6 Å². The summed E-state index contributed by atoms with van der Waals surface area (Å²) in [7, 11) is 0. The van der Waals surface area contributed by atoms with Gasteiger partial charge in [0.05, 0.1) is 17.6 Å². The van der Waals surface area contributed by atoms with Crippen LogP contribution >= 0.6 is 0 Å². The normalized spacial score (nSPS) is 15.5. The molecule has 124 valence electrons. The number of hydrogen-bond donors (Lipinski definition) is 1. The van der Waals surface area contributed by atoms with Gasteiger partial charge in [-0.15, -0.1) is 0 Å². The first-order valence-corrected chi connectivity index (χ1v) is 8.65. The molecule has 0 atom stereocenters. The van der Waals surface area contributed by atoms with Crippen LogP contribution in [-0.4, -0.2) is 30.6 Å². The van der Waals surface area contributed by atoms with Gasteiger partial charge in [-0.3, -0.25) is 0 Å². The molecule has 0 radical (unpaired) electrons. The zero-order chi connectivity index (χ0) is 16.5. The van der Waals surface area contributed by atoms with Crippen molar-refractivity contribution in [2.24, 2.45) is 0 Å². The Kier molecular flexibility index (Phi) is 3.88. The lowest BCUT2D eigenvalue weighted by molar-refractivity contribution is 0.744. The van der Waals surface area contributed by atoms with Crippen LogP contribution in [0.3, 0.4) is 0 Å². The highest BCUT2D eigenvalue weighted by atomic mass is 15.2. The van der Waals surface area contributed by atoms with Crippen molar-refractivity contribution in [1.29, 1.82) is 0 Å². The van der Waals surface area contributed by atoms with Crippen molar-refractivity contribution in [3.63, 3.8) is 0 Å². The molecular formula is C18H22N6. The van der Waals surface area contributed by atoms with E-state index in [1.54, 1.807) is 6.20 Å². The maximum Gasteiger partial charge on any atom is 0.223 e. The van der Waals surface area contributed by atoms with E-state index in [0.717, 1.165) is 22.6 Å². The SMILES string of the molecule is CC(C)c1cnn2ccc(-c3ccnc(NC4CCCC4)n3)nc12. The summed E-state index contributed by atoms with van der Waals surface area (Å²) in [6, 6.07) is 4.36. The van der Waals surface area contributed by atoms with Gasteiger partial charge in [0.2, 0.25) is 5.95 Å². The molecule has 1 saturated carbocycles. The van der Waals surface area contributed by atoms with Crippen LogP contribution in [0.4, 0.5) is 5.95 Å². The van der Waals surface area contributed by atoms with Crippen LogP contribution in [0.25, 0.3) is 17.0 Å². The average Bonchev–Trinajstić information content (AvgIpc) is 3.23. The number of anilines is 1. The van der Waals surface area contributed by atoms with E-state index in [-0.39, 0.29) is 0 Å². The van der Waals surface area contributed by atoms with Gasteiger partial charge < -0.3 is 5.32 Å². The zero-order valence-electron chi connectivity index (χ0n) is 14.1. The highest BCUT2D eigenvalue weighted by Gasteiger charge is 2.16. The maximum absolute atomic E-state index is 4.78. The molecule has 24 heavy (non-hydrogen) atoms. The third kappa shape index (κ3) is 2.84. The molecule has 1 fully saturated rings. The summed E-state index contributed by atoms with van der Waals surface area (Å²) in [5.74, 6) is 1.08. The molecular weight excluding hydrogens is 300 g/mol. The Labute approximate surface area is 141 Å². The fraction of sp³-hybridized carbons (Fsp3) is 0.444. The summed E-state index contributed by atoms with van der Waals surface area (Å²) in [5.41, 5.74) is 3.73. The van der Waals surface area contributed by atoms with E-state index in [9.17, 15) is 0 Å². The number of aromatic nitrogens is 5. The average molecular weight is 322 g/mol. The van der Waals surface area contributed by atoms with Crippen molar-refractivity contribution in [3.8, 4) is 11.4 Å². The predicted octanol–water partition coefficient (Wildman–Crippen LogP) is 3.66. The van der Waals surface area contributed by atoms with E-state index in [4.69, 9.17) is 4.98 Å². The summed E-state index contributed by atoms with van der Waals surface area (Å²) in [6.07, 6.45) is 10.6. The van der Waals surface area contributed by atoms with Gasteiger partial charge in [0.15, 0.2) is 5.65 Å². The summed E-state index contributed by atoms with van der Waals surface area (Å²) in [6.45, 7) is 4.30. The first-order chi connectivity index (χ1) is 11.7. The minimum atomic E-state index is 0.384. The summed E-state index contributed by atoms with van der Waals surface area (Å²) < 4.78 is 1.82. The number of nitrogens with one attached hydrogen (secondary N) is 1. The number of rotatable bonds is 4. The first-order valence-electron chi connectivity index (χ1n) is 8.65. The molecule has 6 heteroatoms. The van der Waals surface area contributed by atoms with Crippen LogP contribution < -0.4 is 5.32 Å². The van der Waals surface area contributed by atoms with Gasteiger partial charge in [-0.2, -0.15) is 5.10 Å². The minimum absolute atomic E-state index is 0.384. The van der Waals surface area contributed by atoms with E-state index in [0.29, 0.717) is 17.9 Å². The Morgan fingerprint density at radius 3 is 2.71 bits per heavy atom. The second kappa shape index (κ2) is 6.19. The Morgan fingerprint density at radius 2 is 1.92 bits per heavy atom. The monoisotopic (exact) mass is 322 g/mol. The van der Waals surface area contributed by atoms with Gasteiger partial charge in [0, 0.05) is 24.0 Å². The number of hydrogen-bond acceptors (Lipinski definition) is 5. The van der Waals surface area contributed by atoms with Crippen molar-refractivity contribution in [2.75, 3.05) is 5.32 Å². The lowest BCUT2D eigenvalue weighted by Crippen LogP contribution is -2.16. The number of fused-ring (bicyclic) bond motifs is 1. The number of nitrogens with zero attached hydrogens (tertiary/aromatic N) is 5. The molecule has 3 heterocycles. The van der Waals surface area contributed by atoms with Crippen molar-refractivity contribution in [3.05, 3.63) is 36.3 Å². The Hall–Kier alpha value is -2.50. The molecule has 0 aromatic carbocycles. The van der Waals surface area contributed by atoms with Crippen LogP contribution in [0.15, 0.2) is 30.7 Å². The molecule has 0 bridgehead atoms. The van der Waals surface area contributed by atoms with E-state index >= 15 is 0 Å². The van der Waals surface area contributed by atoms with Crippen molar-refractivity contribution >= 4 is 11.6 Å². The van der Waals surface area contributed by atoms with Crippen LogP contribution in [0, 0.1) is 0 Å². The van der Waals surface area contributed by atoms with Crippen LogP contribution in [0.5, 0.6) is 0 Å². The van der Waals surface area contributed by atoms with E-state index in [1.807, 2.05) is 29.0 Å². The summed E-state index contributed by atoms with van der Waals surface area (Å²) >= 11 is 0. The first kappa shape index (κ1) is 15.1. The molecule has 3 aromatic heterocycles. The molecule has 0 saturated heterocycles. The van der Waals surface area contributed by atoms with E-state index < -0.39 is 0 Å². The van der Waals surface area contributed by atoms with Gasteiger partial charge >= 0.3 is 0 Å². The van der Waals surface area contributed by atoms with Crippen molar-refractivity contribution < 1.29 is 0 Å². The third-order valence-electron chi connectivity index (χ3n) is 4.62. The Balaban J connectivity index is 1.67. The smallest absolute Gasteiger partial charge is 0.223 e. The lowest BCUT2D eigenvalue weighted by atomic mass is 10.1. The molecule has 1 N–H and O–H groups in total. The highest BCUT2D eigenvalue weighted by Crippen LogP contribution is 2.24. The largest absolute Gasteiger partial charge is 0.351 e. The standard InChI is InChI=1S/C18H22N6/c1-12(2)14-11-20-24-10-8-16(22-17(14)24)15-7-9-19-18(23-15)21-13-5-3-4-6-13/h7-13H,3-6H2,1-2H3,(H,19,21,23). The maximum atomic E-state index is 4.78. The zero-order valence-corrected chi connectivity index (χ0v) is 14.1. The predicted molar refractivity (Wildman–Crippen MR) is 94.0 cm³/mol. The quantitative estimate of drug-likeness (QED) is 0.794. The van der Waals surface area contributed by atoms with Gasteiger partial charge in [0.1, 0.15) is 0 Å². The molecule has 1 aliphatic carbocycles. The van der Waals surface area contributed by atoms with Crippen molar-refractivity contribution in [2.45, 2.75) is 51.5 Å². The lowest BCUT2D eigenvalue weighted by Gasteiger charge is -2.12. The van der Waals surface area contributed by atoms with Crippen LogP contribution in [0.2, 0.25) is 0 Å². The third-order valence-corrected chi connectivity index (χ3v) is 4.62. The fourth-order valence-electron chi connectivity index (χ4n) is 3.26. The second-order valence-electron chi connectivity index (χ2n) is 6.73. The van der Waals surface area contributed by atoms with Gasteiger partial charge in [-0.05, 0) is 30.9 Å². The second-order valence-corrected chi connectivity index (χ2v) is 6.73. The van der Waals surface area contributed by atoms with Gasteiger partial charge in [0.25, 0.3) is 0 Å². The molecule has 1 aliphatic rings. The molecule has 4 rings (SSSR count). The van der Waals surface area contributed by atoms with Gasteiger partial charge in [-0.25, -0.2) is 19.5 Å². The molecule has 0 unspecified atom stereocenters. The molecule has 3 aromatic rings. The fourth-order valence-corrected chi connectivity index (χ4v) is 3.26. The molecule has 6 nitrogen and oxygen atoms in total. The molecule has 0 spiro atoms. The van der Waals surface area contributed by atoms with E-state index in [2.05, 4.69) is 34.2 Å². The highest BCUT2D eigenvalue weighted by molar-refractivity contribution is 5.60. The molecule has 0 amide bonds. The Morgan fingerprint density at radius 1 is 1.12 bits per heavy atom. The summed E-state index contributed by atoms with van der Waals surface area (Å²) in [4.78, 5) is 13.8. The molecule has 0 aliphatic heterocycles. The minimum Gasteiger partial charge on any atom is -0.351 e. The van der Waals surface area contributed by atoms with Gasteiger partial charge in [-0.1, -0.05) is 26.7 Å². The van der Waals surface area contributed by atoms with Crippen LogP contribution in [-0.2, 0) is 0 Å². The Bertz CT molecular complexity index is 848.